The van der Waals surface area contributed by atoms with Crippen molar-refractivity contribution in [3.8, 4) is 0 Å². The molecule has 0 aliphatic heterocycles. The summed E-state index contributed by atoms with van der Waals surface area (Å²) in [5, 5.41) is 0. The molecule has 2 nitrogen and oxygen atoms in total. The molecule has 0 radical (unpaired) electrons. The van der Waals surface area contributed by atoms with Crippen molar-refractivity contribution < 1.29 is 0 Å². The van der Waals surface area contributed by atoms with Crippen LogP contribution < -0.4 is 5.73 Å². The molecule has 1 atom stereocenters. The Labute approximate surface area is 107 Å². The Kier molecular flexibility index (Phi) is 5.30. The number of nitrogens with two attached hydrogens (primary N) is 1. The highest BCUT2D eigenvalue weighted by Gasteiger charge is 2.29. The summed E-state index contributed by atoms with van der Waals surface area (Å²) in [5.74, 6) is 1.86. The summed E-state index contributed by atoms with van der Waals surface area (Å²) in [4.78, 5) is 2.69. The lowest BCUT2D eigenvalue weighted by Crippen LogP contribution is -2.48. The molecular weight excluding hydrogens is 208 g/mol. The van der Waals surface area contributed by atoms with Crippen molar-refractivity contribution in [2.45, 2.75) is 64.3 Å². The van der Waals surface area contributed by atoms with Crippen LogP contribution in [0, 0.1) is 11.8 Å². The summed E-state index contributed by atoms with van der Waals surface area (Å²) < 4.78 is 0. The van der Waals surface area contributed by atoms with E-state index in [0.717, 1.165) is 18.4 Å². The van der Waals surface area contributed by atoms with E-state index in [1.165, 1.54) is 64.5 Å². The molecule has 2 heteroatoms. The number of nitrogens with zero attached hydrogens (tertiary/aromatic N) is 1. The maximum Gasteiger partial charge on any atom is 0.0246 e. The fraction of sp³-hybridized carbons (Fsp3) is 1.00. The highest BCUT2D eigenvalue weighted by Crippen LogP contribution is 2.32. The molecule has 2 aliphatic carbocycles. The van der Waals surface area contributed by atoms with Crippen molar-refractivity contribution in [1.29, 1.82) is 0 Å². The van der Waals surface area contributed by atoms with Crippen molar-refractivity contribution in [3.05, 3.63) is 0 Å². The molecule has 0 saturated heterocycles. The number of rotatable bonds is 6. The molecule has 2 aliphatic rings. The second-order valence-electron chi connectivity index (χ2n) is 6.09. The minimum atomic E-state index is 0.667. The van der Waals surface area contributed by atoms with Gasteiger partial charge >= 0.3 is 0 Å². The number of hydrogen-bond acceptors (Lipinski definition) is 2. The Morgan fingerprint density at radius 2 is 1.76 bits per heavy atom. The second kappa shape index (κ2) is 6.75. The van der Waals surface area contributed by atoms with Crippen molar-refractivity contribution in [2.24, 2.45) is 17.6 Å². The van der Waals surface area contributed by atoms with Gasteiger partial charge in [-0.05, 0) is 44.1 Å². The van der Waals surface area contributed by atoms with E-state index < -0.39 is 0 Å². The zero-order valence-electron chi connectivity index (χ0n) is 11.5. The fourth-order valence-electron chi connectivity index (χ4n) is 3.66. The van der Waals surface area contributed by atoms with Gasteiger partial charge in [0, 0.05) is 19.1 Å². The SMILES string of the molecule is CCN(CC1CCC1)C(CN)C1CCCCC1. The molecule has 0 bridgehead atoms. The predicted octanol–water partition coefficient (Wildman–Crippen LogP) is 3.02. The van der Waals surface area contributed by atoms with Crippen molar-refractivity contribution in [1.82, 2.24) is 4.90 Å². The first-order valence-electron chi connectivity index (χ1n) is 7.79. The van der Waals surface area contributed by atoms with Crippen LogP contribution in [0.4, 0.5) is 0 Å². The second-order valence-corrected chi connectivity index (χ2v) is 6.09. The third-order valence-corrected chi connectivity index (χ3v) is 5.03. The van der Waals surface area contributed by atoms with E-state index in [0.29, 0.717) is 6.04 Å². The maximum absolute atomic E-state index is 6.07. The highest BCUT2D eigenvalue weighted by molar-refractivity contribution is 4.84. The summed E-state index contributed by atoms with van der Waals surface area (Å²) in [7, 11) is 0. The lowest BCUT2D eigenvalue weighted by Gasteiger charge is -2.41. The minimum Gasteiger partial charge on any atom is -0.329 e. The lowest BCUT2D eigenvalue weighted by molar-refractivity contribution is 0.0906. The molecule has 0 heterocycles. The van der Waals surface area contributed by atoms with Crippen LogP contribution in [0.1, 0.15) is 58.3 Å². The van der Waals surface area contributed by atoms with Gasteiger partial charge in [0.1, 0.15) is 0 Å². The van der Waals surface area contributed by atoms with Crippen LogP contribution in [0.2, 0.25) is 0 Å². The van der Waals surface area contributed by atoms with Crippen molar-refractivity contribution in [3.63, 3.8) is 0 Å². The van der Waals surface area contributed by atoms with E-state index in [1.807, 2.05) is 0 Å². The molecule has 2 rings (SSSR count). The average Bonchev–Trinajstić information content (AvgIpc) is 2.33. The van der Waals surface area contributed by atoms with Crippen LogP contribution in [0.5, 0.6) is 0 Å². The predicted molar refractivity (Wildman–Crippen MR) is 74.0 cm³/mol. The van der Waals surface area contributed by atoms with E-state index in [-0.39, 0.29) is 0 Å². The van der Waals surface area contributed by atoms with Gasteiger partial charge in [-0.2, -0.15) is 0 Å². The largest absolute Gasteiger partial charge is 0.329 e. The fourth-order valence-corrected chi connectivity index (χ4v) is 3.66. The molecule has 1 unspecified atom stereocenters. The normalized spacial score (nSPS) is 24.9. The van der Waals surface area contributed by atoms with Gasteiger partial charge in [0.2, 0.25) is 0 Å². The first kappa shape index (κ1) is 13.4. The molecular formula is C15H30N2. The summed E-state index contributed by atoms with van der Waals surface area (Å²) in [6.45, 7) is 5.68. The summed E-state index contributed by atoms with van der Waals surface area (Å²) in [6, 6.07) is 0.667. The van der Waals surface area contributed by atoms with Crippen LogP contribution in [-0.2, 0) is 0 Å². The summed E-state index contributed by atoms with van der Waals surface area (Å²) in [6.07, 6.45) is 11.5. The van der Waals surface area contributed by atoms with E-state index in [9.17, 15) is 0 Å². The van der Waals surface area contributed by atoms with Crippen molar-refractivity contribution >= 4 is 0 Å². The Morgan fingerprint density at radius 3 is 2.24 bits per heavy atom. The molecule has 17 heavy (non-hydrogen) atoms. The first-order valence-corrected chi connectivity index (χ1v) is 7.79. The topological polar surface area (TPSA) is 29.3 Å². The third-order valence-electron chi connectivity index (χ3n) is 5.03. The van der Waals surface area contributed by atoms with Crippen molar-refractivity contribution in [2.75, 3.05) is 19.6 Å². The molecule has 2 fully saturated rings. The monoisotopic (exact) mass is 238 g/mol. The molecule has 2 saturated carbocycles. The van der Waals surface area contributed by atoms with E-state index in [2.05, 4.69) is 11.8 Å². The summed E-state index contributed by atoms with van der Waals surface area (Å²) in [5.41, 5.74) is 6.07. The van der Waals surface area contributed by atoms with Crippen LogP contribution in [-0.4, -0.2) is 30.6 Å². The zero-order valence-corrected chi connectivity index (χ0v) is 11.5. The van der Waals surface area contributed by atoms with E-state index in [4.69, 9.17) is 5.73 Å². The lowest BCUT2D eigenvalue weighted by atomic mass is 9.81. The number of likely N-dealkylation sites (N-methyl/N-ethyl adjacent to an activating group) is 1. The Balaban J connectivity index is 1.87. The Morgan fingerprint density at radius 1 is 1.06 bits per heavy atom. The smallest absolute Gasteiger partial charge is 0.0246 e. The average molecular weight is 238 g/mol. The van der Waals surface area contributed by atoms with Crippen LogP contribution in [0.3, 0.4) is 0 Å². The van der Waals surface area contributed by atoms with Gasteiger partial charge in [0.05, 0.1) is 0 Å². The highest BCUT2D eigenvalue weighted by atomic mass is 15.2. The summed E-state index contributed by atoms with van der Waals surface area (Å²) >= 11 is 0. The molecule has 0 amide bonds. The van der Waals surface area contributed by atoms with Gasteiger partial charge in [0.25, 0.3) is 0 Å². The standard InChI is InChI=1S/C15H30N2/c1-2-17(12-13-7-6-8-13)15(11-16)14-9-4-3-5-10-14/h13-15H,2-12,16H2,1H3. The molecule has 0 spiro atoms. The van der Waals surface area contributed by atoms with E-state index >= 15 is 0 Å². The van der Waals surface area contributed by atoms with Gasteiger partial charge in [0.15, 0.2) is 0 Å². The van der Waals surface area contributed by atoms with Gasteiger partial charge in [-0.25, -0.2) is 0 Å². The molecule has 0 aromatic rings. The van der Waals surface area contributed by atoms with Gasteiger partial charge in [-0.3, -0.25) is 4.90 Å². The van der Waals surface area contributed by atoms with Gasteiger partial charge in [-0.1, -0.05) is 32.6 Å². The van der Waals surface area contributed by atoms with Gasteiger partial charge < -0.3 is 5.73 Å². The minimum absolute atomic E-state index is 0.667. The first-order chi connectivity index (χ1) is 8.35. The van der Waals surface area contributed by atoms with Crippen LogP contribution in [0.15, 0.2) is 0 Å². The zero-order chi connectivity index (χ0) is 12.1. The van der Waals surface area contributed by atoms with E-state index in [1.54, 1.807) is 0 Å². The third kappa shape index (κ3) is 3.45. The van der Waals surface area contributed by atoms with Gasteiger partial charge in [-0.15, -0.1) is 0 Å². The maximum atomic E-state index is 6.07. The Bertz CT molecular complexity index is 207. The Hall–Kier alpha value is -0.0800. The molecule has 100 valence electrons. The van der Waals surface area contributed by atoms with Crippen LogP contribution >= 0.6 is 0 Å². The molecule has 2 N–H and O–H groups in total. The number of hydrogen-bond donors (Lipinski definition) is 1. The quantitative estimate of drug-likeness (QED) is 0.771. The molecule has 0 aromatic heterocycles. The van der Waals surface area contributed by atoms with Crippen LogP contribution in [0.25, 0.3) is 0 Å². The molecule has 0 aromatic carbocycles.